The second-order valence-electron chi connectivity index (χ2n) is 8.69. The van der Waals surface area contributed by atoms with Gasteiger partial charge in [-0.2, -0.15) is 0 Å². The summed E-state index contributed by atoms with van der Waals surface area (Å²) in [5.74, 6) is 0. The normalized spacial score (nSPS) is 16.4. The Kier molecular flexibility index (Phi) is 9.52. The summed E-state index contributed by atoms with van der Waals surface area (Å²) in [5, 5.41) is 3.33. The Morgan fingerprint density at radius 2 is 1.20 bits per heavy atom. The first kappa shape index (κ1) is 23.0. The highest BCUT2D eigenvalue weighted by molar-refractivity contribution is 7.58. The molecule has 0 N–H and O–H groups in total. The highest BCUT2D eigenvalue weighted by Crippen LogP contribution is 2.55. The third-order valence-corrected chi connectivity index (χ3v) is 9.39. The zero-order chi connectivity index (χ0) is 19.2. The van der Waals surface area contributed by atoms with Gasteiger partial charge in [-0.1, -0.05) is 37.0 Å². The van der Waals surface area contributed by atoms with Crippen molar-refractivity contribution in [3.63, 3.8) is 0 Å². The van der Waals surface area contributed by atoms with Gasteiger partial charge in [-0.05, 0) is 55.1 Å². The average Bonchev–Trinajstić information content (AvgIpc) is 2.50. The van der Waals surface area contributed by atoms with Crippen molar-refractivity contribution in [2.45, 2.75) is 32.5 Å². The van der Waals surface area contributed by atoms with E-state index in [-0.39, 0.29) is 0 Å². The van der Waals surface area contributed by atoms with Crippen LogP contribution in [0.15, 0.2) is 22.7 Å². The minimum Gasteiger partial charge on any atom is -0.308 e. The fraction of sp³-hybridized carbons (Fsp3) is 0.789. The van der Waals surface area contributed by atoms with Crippen LogP contribution in [0, 0.1) is 0 Å². The van der Waals surface area contributed by atoms with Gasteiger partial charge in [-0.15, -0.1) is 0 Å². The number of hydrogen-bond acceptors (Lipinski definition) is 4. The average molecular weight is 385 g/mol. The summed E-state index contributed by atoms with van der Waals surface area (Å²) in [4.78, 5) is 4.57. The summed E-state index contributed by atoms with van der Waals surface area (Å²) in [6.07, 6.45) is 7.52. The van der Waals surface area contributed by atoms with Crippen LogP contribution in [0.3, 0.4) is 0 Å². The SMILES string of the molecule is CN(C)CCN(C)P(C1=CCCC=C1[Si](C)(C)C)N(C)CCN(C)C. The fourth-order valence-electron chi connectivity index (χ4n) is 3.05. The second-order valence-corrected chi connectivity index (χ2v) is 16.2. The molecule has 0 spiro atoms. The van der Waals surface area contributed by atoms with Crippen LogP contribution in [0.1, 0.15) is 12.8 Å². The fourth-order valence-corrected chi connectivity index (χ4v) is 8.40. The van der Waals surface area contributed by atoms with Crippen molar-refractivity contribution in [1.82, 2.24) is 19.1 Å². The molecule has 0 heterocycles. The summed E-state index contributed by atoms with van der Waals surface area (Å²) >= 11 is 0. The molecule has 0 atom stereocenters. The summed E-state index contributed by atoms with van der Waals surface area (Å²) in [7, 11) is 11.5. The lowest BCUT2D eigenvalue weighted by Gasteiger charge is -2.41. The molecule has 0 aromatic carbocycles. The molecule has 146 valence electrons. The highest BCUT2D eigenvalue weighted by atomic mass is 31.1. The molecule has 0 bridgehead atoms. The first-order chi connectivity index (χ1) is 11.5. The van der Waals surface area contributed by atoms with Gasteiger partial charge in [0.15, 0.2) is 0 Å². The van der Waals surface area contributed by atoms with Crippen molar-refractivity contribution in [3.8, 4) is 0 Å². The minimum atomic E-state index is -1.33. The van der Waals surface area contributed by atoms with Crippen molar-refractivity contribution in [2.24, 2.45) is 0 Å². The van der Waals surface area contributed by atoms with Crippen LogP contribution >= 0.6 is 8.22 Å². The third-order valence-electron chi connectivity index (χ3n) is 4.54. The van der Waals surface area contributed by atoms with Gasteiger partial charge in [0.2, 0.25) is 0 Å². The molecule has 0 aromatic rings. The smallest absolute Gasteiger partial charge is 0.0781 e. The van der Waals surface area contributed by atoms with E-state index in [9.17, 15) is 0 Å². The van der Waals surface area contributed by atoms with Crippen LogP contribution in [0.5, 0.6) is 0 Å². The van der Waals surface area contributed by atoms with Gasteiger partial charge in [0.05, 0.1) is 16.3 Å². The van der Waals surface area contributed by atoms with E-state index >= 15 is 0 Å². The summed E-state index contributed by atoms with van der Waals surface area (Å²) in [6.45, 7) is 11.9. The molecular formula is C19H41N4PSi. The maximum atomic E-state index is 2.61. The van der Waals surface area contributed by atoms with E-state index in [2.05, 4.69) is 93.2 Å². The topological polar surface area (TPSA) is 13.0 Å². The molecule has 6 heteroatoms. The molecule has 25 heavy (non-hydrogen) atoms. The van der Waals surface area contributed by atoms with Crippen molar-refractivity contribution in [2.75, 3.05) is 68.5 Å². The standard InChI is InChI=1S/C19H41N4PSi/c1-20(2)14-16-22(5)24(23(6)17-15-21(3)4)18-12-10-11-13-19(18)25(7,8)9/h12-13H,10-11,14-17H2,1-9H3. The molecule has 0 fully saturated rings. The van der Waals surface area contributed by atoms with E-state index in [4.69, 9.17) is 0 Å². The Hall–Kier alpha value is -0.0331. The first-order valence-electron chi connectivity index (χ1n) is 9.47. The molecular weight excluding hydrogens is 343 g/mol. The van der Waals surface area contributed by atoms with E-state index in [1.807, 2.05) is 0 Å². The Bertz CT molecular complexity index is 451. The number of allylic oxidation sites excluding steroid dienone is 4. The number of likely N-dealkylation sites (N-methyl/N-ethyl adjacent to an activating group) is 4. The molecule has 1 rings (SSSR count). The second kappa shape index (κ2) is 10.3. The van der Waals surface area contributed by atoms with Crippen LogP contribution in [0.2, 0.25) is 19.6 Å². The lowest BCUT2D eigenvalue weighted by Crippen LogP contribution is -2.35. The van der Waals surface area contributed by atoms with Crippen molar-refractivity contribution in [1.29, 1.82) is 0 Å². The predicted octanol–water partition coefficient (Wildman–Crippen LogP) is 3.77. The van der Waals surface area contributed by atoms with Gasteiger partial charge in [-0.25, -0.2) is 0 Å². The Morgan fingerprint density at radius 1 is 0.760 bits per heavy atom. The van der Waals surface area contributed by atoms with Gasteiger partial charge in [0.1, 0.15) is 0 Å². The van der Waals surface area contributed by atoms with Crippen molar-refractivity contribution < 1.29 is 0 Å². The predicted molar refractivity (Wildman–Crippen MR) is 118 cm³/mol. The number of nitrogens with zero attached hydrogens (tertiary/aromatic N) is 4. The van der Waals surface area contributed by atoms with E-state index in [1.54, 1.807) is 10.5 Å². The molecule has 0 aromatic heterocycles. The van der Waals surface area contributed by atoms with Crippen LogP contribution in [0.25, 0.3) is 0 Å². The molecule has 0 radical (unpaired) electrons. The molecule has 1 aliphatic carbocycles. The van der Waals surface area contributed by atoms with Crippen LogP contribution < -0.4 is 0 Å². The van der Waals surface area contributed by atoms with Gasteiger partial charge < -0.3 is 9.80 Å². The maximum Gasteiger partial charge on any atom is 0.0781 e. The summed E-state index contributed by atoms with van der Waals surface area (Å²) in [5.41, 5.74) is 0. The monoisotopic (exact) mass is 384 g/mol. The van der Waals surface area contributed by atoms with Gasteiger partial charge in [0.25, 0.3) is 0 Å². The Morgan fingerprint density at radius 3 is 1.60 bits per heavy atom. The minimum absolute atomic E-state index is 0.425. The van der Waals surface area contributed by atoms with Crippen LogP contribution in [-0.4, -0.2) is 95.7 Å². The van der Waals surface area contributed by atoms with E-state index in [1.165, 1.54) is 12.8 Å². The van der Waals surface area contributed by atoms with E-state index in [0.717, 1.165) is 26.2 Å². The molecule has 4 nitrogen and oxygen atoms in total. The molecule has 0 saturated carbocycles. The quantitative estimate of drug-likeness (QED) is 0.420. The maximum absolute atomic E-state index is 2.61. The number of hydrogen-bond donors (Lipinski definition) is 0. The van der Waals surface area contributed by atoms with Crippen molar-refractivity contribution in [3.05, 3.63) is 22.7 Å². The lowest BCUT2D eigenvalue weighted by molar-refractivity contribution is 0.343. The van der Waals surface area contributed by atoms with Crippen LogP contribution in [-0.2, 0) is 0 Å². The summed E-state index contributed by atoms with van der Waals surface area (Å²) < 4.78 is 5.21. The molecule has 0 saturated heterocycles. The molecule has 0 unspecified atom stereocenters. The molecule has 0 aliphatic heterocycles. The van der Waals surface area contributed by atoms with Gasteiger partial charge in [0, 0.05) is 31.5 Å². The number of rotatable bonds is 10. The van der Waals surface area contributed by atoms with Gasteiger partial charge >= 0.3 is 0 Å². The molecule has 0 amide bonds. The first-order valence-corrected chi connectivity index (χ1v) is 14.2. The Labute approximate surface area is 159 Å². The van der Waals surface area contributed by atoms with Crippen LogP contribution in [0.4, 0.5) is 0 Å². The summed E-state index contributed by atoms with van der Waals surface area (Å²) in [6, 6.07) is 0. The largest absolute Gasteiger partial charge is 0.308 e. The van der Waals surface area contributed by atoms with Crippen molar-refractivity contribution >= 4 is 16.3 Å². The van der Waals surface area contributed by atoms with Gasteiger partial charge in [-0.3, -0.25) is 9.34 Å². The zero-order valence-corrected chi connectivity index (χ0v) is 20.0. The Balaban J connectivity index is 3.07. The third kappa shape index (κ3) is 7.62. The van der Waals surface area contributed by atoms with E-state index < -0.39 is 16.3 Å². The highest BCUT2D eigenvalue weighted by Gasteiger charge is 2.32. The molecule has 1 aliphatic rings. The van der Waals surface area contributed by atoms with E-state index in [0.29, 0.717) is 0 Å². The zero-order valence-electron chi connectivity index (χ0n) is 18.1. The lowest BCUT2D eigenvalue weighted by atomic mass is 10.2.